The number of benzene rings is 1. The van der Waals surface area contributed by atoms with Gasteiger partial charge in [0.15, 0.2) is 5.03 Å². The van der Waals surface area contributed by atoms with E-state index in [2.05, 4.69) is 19.7 Å². The van der Waals surface area contributed by atoms with Gasteiger partial charge in [0, 0.05) is 16.8 Å². The summed E-state index contributed by atoms with van der Waals surface area (Å²) in [5, 5.41) is 3.61. The molecule has 1 heterocycles. The molecule has 0 aliphatic heterocycles. The van der Waals surface area contributed by atoms with Crippen LogP contribution in [0.2, 0.25) is 5.02 Å². The van der Waals surface area contributed by atoms with Crippen molar-refractivity contribution < 1.29 is 22.8 Å². The van der Waals surface area contributed by atoms with Gasteiger partial charge in [-0.25, -0.2) is 18.2 Å². The zero-order valence-electron chi connectivity index (χ0n) is 12.5. The number of hydrogen-bond donors (Lipinski definition) is 0. The summed E-state index contributed by atoms with van der Waals surface area (Å²) in [6, 6.07) is 8.70. The summed E-state index contributed by atoms with van der Waals surface area (Å²) in [5.41, 5.74) is 0.164. The van der Waals surface area contributed by atoms with E-state index in [4.69, 9.17) is 11.6 Å². The summed E-state index contributed by atoms with van der Waals surface area (Å²) < 4.78 is 29.9. The molecule has 7 nitrogen and oxygen atoms in total. The summed E-state index contributed by atoms with van der Waals surface area (Å²) in [7, 11) is -3.88. The van der Waals surface area contributed by atoms with Crippen LogP contribution in [-0.4, -0.2) is 32.4 Å². The van der Waals surface area contributed by atoms with Crippen LogP contribution in [0.15, 0.2) is 57.7 Å². The summed E-state index contributed by atoms with van der Waals surface area (Å²) in [5.74, 6) is 0. The van der Waals surface area contributed by atoms with Crippen LogP contribution in [-0.2, 0) is 19.4 Å². The lowest BCUT2D eigenvalue weighted by atomic mass is 10.3. The first kappa shape index (κ1) is 17.9. The van der Waals surface area contributed by atoms with Gasteiger partial charge in [0.25, 0.3) is 0 Å². The molecule has 0 saturated carbocycles. The first-order chi connectivity index (χ1) is 11.4. The zero-order valence-corrected chi connectivity index (χ0v) is 14.1. The predicted molar refractivity (Wildman–Crippen MR) is 86.8 cm³/mol. The van der Waals surface area contributed by atoms with Gasteiger partial charge in [0.1, 0.15) is 0 Å². The number of sulfone groups is 1. The fraction of sp³-hybridized carbons (Fsp3) is 0.133. The van der Waals surface area contributed by atoms with Crippen LogP contribution in [0.5, 0.6) is 0 Å². The second kappa shape index (κ2) is 7.89. The molecule has 0 spiro atoms. The minimum absolute atomic E-state index is 0.0339. The Bertz CT molecular complexity index is 850. The number of ether oxygens (including phenoxy) is 1. The molecule has 0 fully saturated rings. The number of hydrogen-bond acceptors (Lipinski definition) is 7. The molecule has 0 atom stereocenters. The second-order valence-corrected chi connectivity index (χ2v) is 6.67. The Hall–Kier alpha value is -2.45. The molecule has 1 aromatic carbocycles. The molecule has 1 aromatic heterocycles. The van der Waals surface area contributed by atoms with Crippen LogP contribution in [0.3, 0.4) is 0 Å². The molecule has 24 heavy (non-hydrogen) atoms. The summed E-state index contributed by atoms with van der Waals surface area (Å²) in [6.45, 7) is 1.75. The SMILES string of the molecule is CCOC(=O)ON=Cc1cccnc1S(=O)(=O)c1ccc(Cl)cc1. The Morgan fingerprint density at radius 3 is 2.67 bits per heavy atom. The molecule has 0 aliphatic carbocycles. The van der Waals surface area contributed by atoms with Crippen molar-refractivity contribution in [1.82, 2.24) is 4.98 Å². The van der Waals surface area contributed by atoms with E-state index >= 15 is 0 Å². The van der Waals surface area contributed by atoms with Crippen molar-refractivity contribution in [2.45, 2.75) is 16.8 Å². The fourth-order valence-electron chi connectivity index (χ4n) is 1.72. The summed E-state index contributed by atoms with van der Waals surface area (Å²) >= 11 is 5.77. The third kappa shape index (κ3) is 4.30. The molecule has 0 bridgehead atoms. The van der Waals surface area contributed by atoms with Crippen molar-refractivity contribution in [1.29, 1.82) is 0 Å². The smallest absolute Gasteiger partial charge is 0.433 e. The average molecular weight is 369 g/mol. The zero-order chi connectivity index (χ0) is 17.6. The lowest BCUT2D eigenvalue weighted by molar-refractivity contribution is 0.0618. The molecule has 0 saturated heterocycles. The van der Waals surface area contributed by atoms with Crippen LogP contribution in [0.25, 0.3) is 0 Å². The maximum absolute atomic E-state index is 12.7. The van der Waals surface area contributed by atoms with Gasteiger partial charge in [-0.05, 0) is 43.3 Å². The lowest BCUT2D eigenvalue weighted by Gasteiger charge is -2.06. The average Bonchev–Trinajstić information content (AvgIpc) is 2.56. The van der Waals surface area contributed by atoms with Crippen LogP contribution in [0.4, 0.5) is 4.79 Å². The van der Waals surface area contributed by atoms with E-state index in [1.165, 1.54) is 42.6 Å². The number of carbonyl (C=O) groups is 1. The molecule has 0 unspecified atom stereocenters. The topological polar surface area (TPSA) is 94.9 Å². The van der Waals surface area contributed by atoms with Gasteiger partial charge in [-0.2, -0.15) is 0 Å². The quantitative estimate of drug-likeness (QED) is 0.348. The minimum atomic E-state index is -3.88. The van der Waals surface area contributed by atoms with Crippen molar-refractivity contribution in [3.8, 4) is 0 Å². The highest BCUT2D eigenvalue weighted by atomic mass is 35.5. The first-order valence-corrected chi connectivity index (χ1v) is 8.64. The van der Waals surface area contributed by atoms with E-state index < -0.39 is 16.0 Å². The Morgan fingerprint density at radius 2 is 2.00 bits per heavy atom. The van der Waals surface area contributed by atoms with Gasteiger partial charge in [-0.1, -0.05) is 16.8 Å². The summed E-state index contributed by atoms with van der Waals surface area (Å²) in [6.07, 6.45) is 1.43. The normalized spacial score (nSPS) is 11.4. The highest BCUT2D eigenvalue weighted by molar-refractivity contribution is 7.91. The number of oxime groups is 1. The maximum Gasteiger partial charge on any atom is 0.535 e. The van der Waals surface area contributed by atoms with Crippen molar-refractivity contribution in [2.75, 3.05) is 6.61 Å². The number of nitrogens with zero attached hydrogens (tertiary/aromatic N) is 2. The minimum Gasteiger partial charge on any atom is -0.433 e. The number of pyridine rings is 1. The van der Waals surface area contributed by atoms with Gasteiger partial charge < -0.3 is 4.74 Å². The Morgan fingerprint density at radius 1 is 1.29 bits per heavy atom. The van der Waals surface area contributed by atoms with Gasteiger partial charge in [0.05, 0.1) is 17.7 Å². The van der Waals surface area contributed by atoms with E-state index in [1.54, 1.807) is 6.92 Å². The molecule has 0 N–H and O–H groups in total. The van der Waals surface area contributed by atoms with E-state index in [1.807, 2.05) is 0 Å². The van der Waals surface area contributed by atoms with Crippen LogP contribution < -0.4 is 0 Å². The van der Waals surface area contributed by atoms with Crippen molar-refractivity contribution in [2.24, 2.45) is 5.16 Å². The highest BCUT2D eigenvalue weighted by Gasteiger charge is 2.22. The van der Waals surface area contributed by atoms with Gasteiger partial charge in [0.2, 0.25) is 9.84 Å². The Balaban J connectivity index is 2.33. The highest BCUT2D eigenvalue weighted by Crippen LogP contribution is 2.22. The van der Waals surface area contributed by atoms with Crippen LogP contribution in [0, 0.1) is 0 Å². The molecule has 0 amide bonds. The van der Waals surface area contributed by atoms with E-state index in [0.717, 1.165) is 6.21 Å². The number of carbonyl (C=O) groups excluding carboxylic acids is 1. The number of aromatic nitrogens is 1. The van der Waals surface area contributed by atoms with Gasteiger partial charge >= 0.3 is 6.16 Å². The molecule has 9 heteroatoms. The standard InChI is InChI=1S/C15H13ClN2O5S/c1-2-22-15(19)23-18-10-11-4-3-9-17-14(11)24(20,21)13-7-5-12(16)6-8-13/h3-10H,2H2,1H3. The number of rotatable bonds is 5. The summed E-state index contributed by atoms with van der Waals surface area (Å²) in [4.78, 5) is 19.4. The maximum atomic E-state index is 12.7. The van der Waals surface area contributed by atoms with E-state index in [-0.39, 0.29) is 22.1 Å². The third-order valence-corrected chi connectivity index (χ3v) is 4.76. The Kier molecular flexibility index (Phi) is 5.88. The monoisotopic (exact) mass is 368 g/mol. The first-order valence-electron chi connectivity index (χ1n) is 6.78. The van der Waals surface area contributed by atoms with Gasteiger partial charge in [-0.15, -0.1) is 0 Å². The van der Waals surface area contributed by atoms with E-state index in [9.17, 15) is 13.2 Å². The number of halogens is 1. The molecule has 0 radical (unpaired) electrons. The molecule has 126 valence electrons. The van der Waals surface area contributed by atoms with Gasteiger partial charge in [-0.3, -0.25) is 4.84 Å². The molecule has 2 rings (SSSR count). The van der Waals surface area contributed by atoms with Crippen LogP contribution in [0.1, 0.15) is 12.5 Å². The predicted octanol–water partition coefficient (Wildman–Crippen LogP) is 3.07. The second-order valence-electron chi connectivity index (χ2n) is 4.36. The van der Waals surface area contributed by atoms with Crippen LogP contribution >= 0.6 is 11.6 Å². The van der Waals surface area contributed by atoms with Crippen molar-refractivity contribution in [3.05, 3.63) is 53.2 Å². The van der Waals surface area contributed by atoms with E-state index in [0.29, 0.717) is 5.02 Å². The largest absolute Gasteiger partial charge is 0.535 e. The van der Waals surface area contributed by atoms with Crippen molar-refractivity contribution in [3.63, 3.8) is 0 Å². The Labute approximate surface area is 143 Å². The lowest BCUT2D eigenvalue weighted by Crippen LogP contribution is -2.08. The molecule has 2 aromatic rings. The van der Waals surface area contributed by atoms with Crippen molar-refractivity contribution >= 4 is 33.8 Å². The molecular weight excluding hydrogens is 356 g/mol. The fourth-order valence-corrected chi connectivity index (χ4v) is 3.20. The molecular formula is C15H13ClN2O5S. The third-order valence-electron chi connectivity index (χ3n) is 2.76. The molecule has 0 aliphatic rings.